The van der Waals surface area contributed by atoms with Crippen LogP contribution in [-0.4, -0.2) is 6.29 Å². The van der Waals surface area contributed by atoms with Gasteiger partial charge in [-0.3, -0.25) is 0 Å². The van der Waals surface area contributed by atoms with Crippen LogP contribution < -0.4 is 0 Å². The summed E-state index contributed by atoms with van der Waals surface area (Å²) < 4.78 is 0. The fourth-order valence-corrected chi connectivity index (χ4v) is 0.504. The largest absolute Gasteiger partial charge is 0.303 e. The summed E-state index contributed by atoms with van der Waals surface area (Å²) in [4.78, 5) is 9.97. The zero-order chi connectivity index (χ0) is 7.98. The standard InChI is InChI=1S/C9H14O/c1-8(2)4-5-9(3)6-7-10/h4-5,7-8H,3,6H2,1-2H3/b5-4+. The summed E-state index contributed by atoms with van der Waals surface area (Å²) in [6.45, 7) is 7.87. The van der Waals surface area contributed by atoms with Gasteiger partial charge in [-0.15, -0.1) is 0 Å². The second kappa shape index (κ2) is 4.98. The van der Waals surface area contributed by atoms with Crippen molar-refractivity contribution in [3.05, 3.63) is 24.3 Å². The lowest BCUT2D eigenvalue weighted by Crippen LogP contribution is -1.80. The van der Waals surface area contributed by atoms with E-state index in [0.717, 1.165) is 11.9 Å². The van der Waals surface area contributed by atoms with Crippen LogP contribution in [0.2, 0.25) is 0 Å². The molecule has 0 radical (unpaired) electrons. The Hall–Kier alpha value is -0.850. The maximum Gasteiger partial charge on any atom is 0.124 e. The SMILES string of the molecule is C=C(/C=C/C(C)C)CC=O. The zero-order valence-corrected chi connectivity index (χ0v) is 6.63. The third-order valence-electron chi connectivity index (χ3n) is 1.06. The molecule has 0 aliphatic heterocycles. The topological polar surface area (TPSA) is 17.1 Å². The van der Waals surface area contributed by atoms with E-state index in [1.807, 2.05) is 12.2 Å². The van der Waals surface area contributed by atoms with Crippen LogP contribution in [0.5, 0.6) is 0 Å². The second-order valence-electron chi connectivity index (χ2n) is 2.63. The van der Waals surface area contributed by atoms with Crippen molar-refractivity contribution in [1.29, 1.82) is 0 Å². The minimum absolute atomic E-state index is 0.448. The van der Waals surface area contributed by atoms with Gasteiger partial charge in [0.2, 0.25) is 0 Å². The van der Waals surface area contributed by atoms with E-state index in [4.69, 9.17) is 0 Å². The number of hydrogen-bond acceptors (Lipinski definition) is 1. The van der Waals surface area contributed by atoms with E-state index in [2.05, 4.69) is 20.4 Å². The van der Waals surface area contributed by atoms with Gasteiger partial charge in [0.25, 0.3) is 0 Å². The van der Waals surface area contributed by atoms with Gasteiger partial charge in [-0.2, -0.15) is 0 Å². The average Bonchev–Trinajstić information content (AvgIpc) is 1.85. The molecule has 0 saturated heterocycles. The van der Waals surface area contributed by atoms with E-state index in [-0.39, 0.29) is 0 Å². The van der Waals surface area contributed by atoms with Crippen molar-refractivity contribution < 1.29 is 4.79 Å². The summed E-state index contributed by atoms with van der Waals surface area (Å²) in [5.74, 6) is 0.531. The molecule has 10 heavy (non-hydrogen) atoms. The molecule has 0 fully saturated rings. The fraction of sp³-hybridized carbons (Fsp3) is 0.444. The summed E-state index contributed by atoms with van der Waals surface area (Å²) >= 11 is 0. The number of carbonyl (C=O) groups is 1. The van der Waals surface area contributed by atoms with Crippen molar-refractivity contribution in [3.63, 3.8) is 0 Å². The minimum Gasteiger partial charge on any atom is -0.303 e. The van der Waals surface area contributed by atoms with Gasteiger partial charge in [-0.05, 0) is 11.5 Å². The van der Waals surface area contributed by atoms with Crippen molar-refractivity contribution in [2.75, 3.05) is 0 Å². The lowest BCUT2D eigenvalue weighted by Gasteiger charge is -1.93. The third kappa shape index (κ3) is 5.29. The van der Waals surface area contributed by atoms with Gasteiger partial charge in [0.1, 0.15) is 6.29 Å². The van der Waals surface area contributed by atoms with Gasteiger partial charge in [-0.1, -0.05) is 32.6 Å². The lowest BCUT2D eigenvalue weighted by atomic mass is 10.1. The molecule has 0 amide bonds. The zero-order valence-electron chi connectivity index (χ0n) is 6.63. The molecule has 0 saturated carbocycles. The van der Waals surface area contributed by atoms with Crippen molar-refractivity contribution in [2.45, 2.75) is 20.3 Å². The molecule has 0 aliphatic rings. The molecule has 56 valence electrons. The Kier molecular flexibility index (Phi) is 4.55. The van der Waals surface area contributed by atoms with Gasteiger partial charge in [0.05, 0.1) is 0 Å². The number of allylic oxidation sites excluding steroid dienone is 3. The molecular formula is C9H14O. The van der Waals surface area contributed by atoms with Crippen molar-refractivity contribution in [3.8, 4) is 0 Å². The van der Waals surface area contributed by atoms with E-state index in [1.165, 1.54) is 0 Å². The smallest absolute Gasteiger partial charge is 0.124 e. The first-order chi connectivity index (χ1) is 4.66. The molecule has 0 aromatic carbocycles. The highest BCUT2D eigenvalue weighted by atomic mass is 16.1. The maximum atomic E-state index is 9.97. The summed E-state index contributed by atoms with van der Waals surface area (Å²) in [7, 11) is 0. The quantitative estimate of drug-likeness (QED) is 0.430. The maximum absolute atomic E-state index is 9.97. The van der Waals surface area contributed by atoms with Gasteiger partial charge in [-0.25, -0.2) is 0 Å². The highest BCUT2D eigenvalue weighted by molar-refractivity contribution is 5.55. The van der Waals surface area contributed by atoms with Gasteiger partial charge < -0.3 is 4.79 Å². The monoisotopic (exact) mass is 138 g/mol. The Morgan fingerprint density at radius 2 is 2.20 bits per heavy atom. The molecule has 0 bridgehead atoms. The first kappa shape index (κ1) is 9.15. The van der Waals surface area contributed by atoms with Gasteiger partial charge >= 0.3 is 0 Å². The van der Waals surface area contributed by atoms with Gasteiger partial charge in [0, 0.05) is 6.42 Å². The van der Waals surface area contributed by atoms with Gasteiger partial charge in [0.15, 0.2) is 0 Å². The van der Waals surface area contributed by atoms with Crippen LogP contribution >= 0.6 is 0 Å². The van der Waals surface area contributed by atoms with Crippen LogP contribution in [0.4, 0.5) is 0 Å². The van der Waals surface area contributed by atoms with E-state index < -0.39 is 0 Å². The Morgan fingerprint density at radius 1 is 1.60 bits per heavy atom. The second-order valence-corrected chi connectivity index (χ2v) is 2.63. The molecule has 0 rings (SSSR count). The number of carbonyl (C=O) groups excluding carboxylic acids is 1. The molecule has 0 aromatic rings. The first-order valence-corrected chi connectivity index (χ1v) is 3.46. The summed E-state index contributed by atoms with van der Waals surface area (Å²) in [6.07, 6.45) is 5.25. The number of aldehydes is 1. The highest BCUT2D eigenvalue weighted by Gasteiger charge is 1.86. The highest BCUT2D eigenvalue weighted by Crippen LogP contribution is 2.01. The third-order valence-corrected chi connectivity index (χ3v) is 1.06. The summed E-state index contributed by atoms with van der Waals surface area (Å²) in [6, 6.07) is 0. The van der Waals surface area contributed by atoms with Crippen LogP contribution in [0, 0.1) is 5.92 Å². The average molecular weight is 138 g/mol. The molecule has 0 aromatic heterocycles. The number of hydrogen-bond donors (Lipinski definition) is 0. The molecule has 1 nitrogen and oxygen atoms in total. The Balaban J connectivity index is 3.66. The fourth-order valence-electron chi connectivity index (χ4n) is 0.504. The Labute approximate surface area is 62.4 Å². The predicted molar refractivity (Wildman–Crippen MR) is 43.8 cm³/mol. The van der Waals surface area contributed by atoms with Crippen LogP contribution in [-0.2, 0) is 4.79 Å². The molecule has 1 heteroatoms. The molecule has 0 spiro atoms. The number of rotatable bonds is 4. The normalized spacial score (nSPS) is 10.7. The van der Waals surface area contributed by atoms with Crippen molar-refractivity contribution in [2.24, 2.45) is 5.92 Å². The summed E-state index contributed by atoms with van der Waals surface area (Å²) in [5, 5.41) is 0. The Bertz CT molecular complexity index is 143. The predicted octanol–water partition coefficient (Wildman–Crippen LogP) is 2.34. The van der Waals surface area contributed by atoms with Crippen molar-refractivity contribution in [1.82, 2.24) is 0 Å². The Morgan fingerprint density at radius 3 is 2.60 bits per heavy atom. The summed E-state index contributed by atoms with van der Waals surface area (Å²) in [5.41, 5.74) is 0.878. The molecule has 0 heterocycles. The van der Waals surface area contributed by atoms with E-state index in [1.54, 1.807) is 0 Å². The van der Waals surface area contributed by atoms with Crippen molar-refractivity contribution >= 4 is 6.29 Å². The molecule has 0 unspecified atom stereocenters. The van der Waals surface area contributed by atoms with Crippen LogP contribution in [0.3, 0.4) is 0 Å². The molecule has 0 aliphatic carbocycles. The minimum atomic E-state index is 0.448. The lowest BCUT2D eigenvalue weighted by molar-refractivity contribution is -0.107. The molecular weight excluding hydrogens is 124 g/mol. The molecule has 0 atom stereocenters. The van der Waals surface area contributed by atoms with Crippen LogP contribution in [0.15, 0.2) is 24.3 Å². The molecule has 0 N–H and O–H groups in total. The van der Waals surface area contributed by atoms with E-state index in [0.29, 0.717) is 12.3 Å². The first-order valence-electron chi connectivity index (χ1n) is 3.46. The van der Waals surface area contributed by atoms with E-state index in [9.17, 15) is 4.79 Å². The van der Waals surface area contributed by atoms with Crippen LogP contribution in [0.25, 0.3) is 0 Å². The van der Waals surface area contributed by atoms with Crippen LogP contribution in [0.1, 0.15) is 20.3 Å². The van der Waals surface area contributed by atoms with E-state index >= 15 is 0 Å².